The van der Waals surface area contributed by atoms with Gasteiger partial charge in [0.25, 0.3) is 0 Å². The average molecular weight is 618 g/mol. The fraction of sp³-hybridized carbons (Fsp3) is 0.951. The van der Waals surface area contributed by atoms with Gasteiger partial charge in [-0.3, -0.25) is 9.59 Å². The van der Waals surface area contributed by atoms with E-state index in [4.69, 9.17) is 0 Å². The lowest BCUT2D eigenvalue weighted by Crippen LogP contribution is -2.47. The second-order valence-electron chi connectivity index (χ2n) is 14.6. The molecule has 1 heterocycles. The van der Waals surface area contributed by atoms with Crippen molar-refractivity contribution in [3.63, 3.8) is 0 Å². The van der Waals surface area contributed by atoms with Crippen LogP contribution in [0.15, 0.2) is 0 Å². The third-order valence-electron chi connectivity index (χ3n) is 10.5. The summed E-state index contributed by atoms with van der Waals surface area (Å²) in [5.74, 6) is 0.527. The van der Waals surface area contributed by atoms with Gasteiger partial charge in [0.1, 0.15) is 11.6 Å². The van der Waals surface area contributed by atoms with Crippen LogP contribution in [-0.2, 0) is 9.59 Å². The standard InChI is InChI=1S/C41H79NO2/c1-3-5-7-9-11-13-15-17-19-21-23-25-27-29-31-33-39(43)41(35-37-42-38-36-41)40(44)34-32-30-28-26-24-22-20-18-16-14-12-10-8-6-4-2/h42H,3-38H2,1-2H3. The quantitative estimate of drug-likeness (QED) is 0.0577. The molecule has 44 heavy (non-hydrogen) atoms. The molecule has 0 amide bonds. The van der Waals surface area contributed by atoms with Gasteiger partial charge in [-0.2, -0.15) is 0 Å². The first-order valence-corrected chi connectivity index (χ1v) is 20.4. The lowest BCUT2D eigenvalue weighted by molar-refractivity contribution is -0.143. The monoisotopic (exact) mass is 618 g/mol. The van der Waals surface area contributed by atoms with E-state index >= 15 is 0 Å². The van der Waals surface area contributed by atoms with Crippen LogP contribution in [0.2, 0.25) is 0 Å². The van der Waals surface area contributed by atoms with Crippen molar-refractivity contribution in [1.29, 1.82) is 0 Å². The van der Waals surface area contributed by atoms with Crippen LogP contribution in [-0.4, -0.2) is 24.7 Å². The molecule has 1 fully saturated rings. The molecule has 0 bridgehead atoms. The lowest BCUT2D eigenvalue weighted by atomic mass is 9.69. The van der Waals surface area contributed by atoms with E-state index in [1.807, 2.05) is 0 Å². The van der Waals surface area contributed by atoms with E-state index in [1.165, 1.54) is 167 Å². The molecule has 0 aromatic carbocycles. The first kappa shape index (κ1) is 41.3. The van der Waals surface area contributed by atoms with Gasteiger partial charge >= 0.3 is 0 Å². The van der Waals surface area contributed by atoms with Crippen LogP contribution in [0.5, 0.6) is 0 Å². The number of carbonyl (C=O) groups is 2. The summed E-state index contributed by atoms with van der Waals surface area (Å²) < 4.78 is 0. The summed E-state index contributed by atoms with van der Waals surface area (Å²) in [5, 5.41) is 3.39. The van der Waals surface area contributed by atoms with E-state index in [0.29, 0.717) is 12.8 Å². The molecular formula is C41H79NO2. The summed E-state index contributed by atoms with van der Waals surface area (Å²) in [4.78, 5) is 26.8. The number of ketones is 2. The maximum atomic E-state index is 13.4. The van der Waals surface area contributed by atoms with E-state index in [9.17, 15) is 9.59 Å². The molecule has 0 aliphatic carbocycles. The van der Waals surface area contributed by atoms with Crippen molar-refractivity contribution < 1.29 is 9.59 Å². The Morgan fingerprint density at radius 3 is 0.864 bits per heavy atom. The van der Waals surface area contributed by atoms with E-state index < -0.39 is 5.41 Å². The van der Waals surface area contributed by atoms with Gasteiger partial charge in [0.15, 0.2) is 0 Å². The fourth-order valence-electron chi connectivity index (χ4n) is 7.36. The predicted octanol–water partition coefficient (Wildman–Crippen LogP) is 13.0. The minimum Gasteiger partial charge on any atom is -0.317 e. The van der Waals surface area contributed by atoms with Crippen LogP contribution >= 0.6 is 0 Å². The molecule has 3 nitrogen and oxygen atoms in total. The van der Waals surface area contributed by atoms with E-state index in [2.05, 4.69) is 19.2 Å². The minimum atomic E-state index is -0.669. The second kappa shape index (κ2) is 30.9. The highest BCUT2D eigenvalue weighted by Crippen LogP contribution is 2.35. The maximum absolute atomic E-state index is 13.4. The van der Waals surface area contributed by atoms with Gasteiger partial charge in [-0.25, -0.2) is 0 Å². The molecule has 1 aliphatic rings. The second-order valence-corrected chi connectivity index (χ2v) is 14.6. The zero-order chi connectivity index (χ0) is 31.8. The Bertz CT molecular complexity index is 591. The molecule has 0 radical (unpaired) electrons. The van der Waals surface area contributed by atoms with Crippen LogP contribution in [0.4, 0.5) is 0 Å². The first-order valence-electron chi connectivity index (χ1n) is 20.4. The summed E-state index contributed by atoms with van der Waals surface area (Å²) in [6, 6.07) is 0. The molecule has 1 aliphatic heterocycles. The Morgan fingerprint density at radius 2 is 0.614 bits per heavy atom. The normalized spacial score (nSPS) is 14.7. The Balaban J connectivity index is 2.05. The molecule has 0 atom stereocenters. The third kappa shape index (κ3) is 21.9. The Hall–Kier alpha value is -0.700. The molecule has 1 saturated heterocycles. The van der Waals surface area contributed by atoms with Crippen LogP contribution < -0.4 is 5.32 Å². The zero-order valence-electron chi connectivity index (χ0n) is 30.3. The van der Waals surface area contributed by atoms with Crippen LogP contribution in [0.1, 0.15) is 232 Å². The van der Waals surface area contributed by atoms with Gasteiger partial charge in [0.2, 0.25) is 0 Å². The third-order valence-corrected chi connectivity index (χ3v) is 10.5. The number of carbonyl (C=O) groups excluding carboxylic acids is 2. The largest absolute Gasteiger partial charge is 0.317 e. The van der Waals surface area contributed by atoms with Gasteiger partial charge in [-0.15, -0.1) is 0 Å². The fourth-order valence-corrected chi connectivity index (χ4v) is 7.36. The SMILES string of the molecule is CCCCCCCCCCCCCCCCCC(=O)C1(C(=O)CCCCCCCCCCCCCCCCC)CCNCC1. The molecular weight excluding hydrogens is 538 g/mol. The number of rotatable bonds is 34. The number of nitrogens with one attached hydrogen (secondary N) is 1. The van der Waals surface area contributed by atoms with Gasteiger partial charge in [-0.1, -0.05) is 194 Å². The van der Waals surface area contributed by atoms with Crippen LogP contribution in [0, 0.1) is 5.41 Å². The predicted molar refractivity (Wildman–Crippen MR) is 194 cm³/mol. The number of hydrogen-bond donors (Lipinski definition) is 1. The van der Waals surface area contributed by atoms with Gasteiger partial charge in [0, 0.05) is 12.8 Å². The van der Waals surface area contributed by atoms with Gasteiger partial charge in [-0.05, 0) is 38.8 Å². The van der Waals surface area contributed by atoms with Crippen LogP contribution in [0.3, 0.4) is 0 Å². The highest BCUT2D eigenvalue weighted by atomic mass is 16.2. The molecule has 260 valence electrons. The summed E-state index contributed by atoms with van der Waals surface area (Å²) >= 11 is 0. The average Bonchev–Trinajstić information content (AvgIpc) is 3.04. The summed E-state index contributed by atoms with van der Waals surface area (Å²) in [5.41, 5.74) is -0.669. The van der Waals surface area contributed by atoms with Crippen LogP contribution in [0.25, 0.3) is 0 Å². The number of piperidine rings is 1. The summed E-state index contributed by atoms with van der Waals surface area (Å²) in [6.45, 7) is 6.20. The molecule has 1 rings (SSSR count). The molecule has 1 N–H and O–H groups in total. The topological polar surface area (TPSA) is 46.2 Å². The number of Topliss-reactive ketones (excluding diaryl/α,β-unsaturated/α-hetero) is 2. The Labute approximate surface area is 276 Å². The van der Waals surface area contributed by atoms with Gasteiger partial charge < -0.3 is 5.32 Å². The molecule has 0 unspecified atom stereocenters. The molecule has 0 aromatic rings. The number of hydrogen-bond acceptors (Lipinski definition) is 3. The Kier molecular flexibility index (Phi) is 29.0. The summed E-state index contributed by atoms with van der Waals surface area (Å²) in [7, 11) is 0. The lowest BCUT2D eigenvalue weighted by Gasteiger charge is -2.35. The molecule has 3 heteroatoms. The smallest absolute Gasteiger partial charge is 0.146 e. The van der Waals surface area contributed by atoms with Crippen molar-refractivity contribution in [2.75, 3.05) is 13.1 Å². The number of unbranched alkanes of at least 4 members (excludes halogenated alkanes) is 28. The van der Waals surface area contributed by atoms with E-state index in [-0.39, 0.29) is 11.6 Å². The van der Waals surface area contributed by atoms with E-state index in [0.717, 1.165) is 51.6 Å². The van der Waals surface area contributed by atoms with E-state index in [1.54, 1.807) is 0 Å². The first-order chi connectivity index (χ1) is 21.7. The highest BCUT2D eigenvalue weighted by Gasteiger charge is 2.44. The van der Waals surface area contributed by atoms with Crippen molar-refractivity contribution in [3.05, 3.63) is 0 Å². The van der Waals surface area contributed by atoms with Crippen molar-refractivity contribution in [2.24, 2.45) is 5.41 Å². The highest BCUT2D eigenvalue weighted by molar-refractivity contribution is 6.07. The van der Waals surface area contributed by atoms with Crippen molar-refractivity contribution >= 4 is 11.6 Å². The van der Waals surface area contributed by atoms with Crippen molar-refractivity contribution in [2.45, 2.75) is 232 Å². The van der Waals surface area contributed by atoms with Crippen molar-refractivity contribution in [3.8, 4) is 0 Å². The Morgan fingerprint density at radius 1 is 0.386 bits per heavy atom. The molecule has 0 saturated carbocycles. The molecule has 0 spiro atoms. The summed E-state index contributed by atoms with van der Waals surface area (Å²) in [6.07, 6.45) is 42.8. The molecule has 0 aromatic heterocycles. The minimum absolute atomic E-state index is 0.264. The van der Waals surface area contributed by atoms with Gasteiger partial charge in [0.05, 0.1) is 5.41 Å². The zero-order valence-corrected chi connectivity index (χ0v) is 30.3. The maximum Gasteiger partial charge on any atom is 0.146 e. The van der Waals surface area contributed by atoms with Crippen molar-refractivity contribution in [1.82, 2.24) is 5.32 Å².